The second-order valence-corrected chi connectivity index (χ2v) is 11.9. The number of carboxylic acid groups (broad SMARTS) is 1. The van der Waals surface area contributed by atoms with Gasteiger partial charge in [-0.2, -0.15) is 17.4 Å². The predicted molar refractivity (Wildman–Crippen MR) is 152 cm³/mol. The van der Waals surface area contributed by atoms with E-state index in [4.69, 9.17) is 23.2 Å². The number of amides is 1. The molecule has 2 atom stereocenters. The number of halogens is 2. The highest BCUT2D eigenvalue weighted by atomic mass is 35.5. The number of rotatable bonds is 12. The van der Waals surface area contributed by atoms with Crippen LogP contribution in [-0.2, 0) is 21.4 Å². The normalized spacial score (nSPS) is 13.3. The van der Waals surface area contributed by atoms with E-state index in [1.807, 2.05) is 44.2 Å². The van der Waals surface area contributed by atoms with Gasteiger partial charge in [0.2, 0.25) is 0 Å². The van der Waals surface area contributed by atoms with Gasteiger partial charge < -0.3 is 10.4 Å². The molecule has 0 unspecified atom stereocenters. The average molecular weight is 594 g/mol. The van der Waals surface area contributed by atoms with Gasteiger partial charge in [0.25, 0.3) is 16.1 Å². The first kappa shape index (κ1) is 30.5. The minimum absolute atomic E-state index is 0.00989. The molecule has 3 aromatic rings. The van der Waals surface area contributed by atoms with Crippen LogP contribution in [0.15, 0.2) is 67.0 Å². The number of benzene rings is 2. The molecule has 1 heterocycles. The van der Waals surface area contributed by atoms with Gasteiger partial charge in [-0.05, 0) is 42.5 Å². The summed E-state index contributed by atoms with van der Waals surface area (Å²) in [6.07, 6.45) is 2.50. The van der Waals surface area contributed by atoms with Gasteiger partial charge in [-0.1, -0.05) is 79.5 Å². The maximum atomic E-state index is 13.4. The Morgan fingerprint density at radius 1 is 0.974 bits per heavy atom. The number of anilines is 1. The van der Waals surface area contributed by atoms with Crippen LogP contribution in [0.4, 0.5) is 5.69 Å². The molecule has 0 saturated heterocycles. The second-order valence-electron chi connectivity index (χ2n) is 9.40. The molecule has 12 heteroatoms. The van der Waals surface area contributed by atoms with E-state index in [9.17, 15) is 23.1 Å². The highest BCUT2D eigenvalue weighted by Crippen LogP contribution is 2.26. The molecule has 0 saturated carbocycles. The van der Waals surface area contributed by atoms with Crippen molar-refractivity contribution in [2.75, 3.05) is 11.9 Å². The van der Waals surface area contributed by atoms with Crippen molar-refractivity contribution >= 4 is 51.0 Å². The first-order valence-corrected chi connectivity index (χ1v) is 14.3. The summed E-state index contributed by atoms with van der Waals surface area (Å²) >= 11 is 12.1. The zero-order valence-corrected chi connectivity index (χ0v) is 24.0. The molecule has 1 aromatic heterocycles. The summed E-state index contributed by atoms with van der Waals surface area (Å²) in [6, 6.07) is 13.6. The van der Waals surface area contributed by atoms with Gasteiger partial charge in [0.05, 0.1) is 15.6 Å². The van der Waals surface area contributed by atoms with Gasteiger partial charge in [-0.25, -0.2) is 0 Å². The highest BCUT2D eigenvalue weighted by molar-refractivity contribution is 7.87. The summed E-state index contributed by atoms with van der Waals surface area (Å²) in [5, 5.41) is 12.7. The SMILES string of the molecule is CC(C)CN([C@H](C)c1ccccc1)S(=O)(=O)N[C@@H](Cc1ccc(NC(=O)c2c(Cl)cncc2Cl)cc1)C(=O)O. The van der Waals surface area contributed by atoms with Crippen LogP contribution in [0.1, 0.15) is 48.3 Å². The van der Waals surface area contributed by atoms with Crippen molar-refractivity contribution in [2.24, 2.45) is 5.92 Å². The summed E-state index contributed by atoms with van der Waals surface area (Å²) in [7, 11) is -4.18. The number of hydrogen-bond donors (Lipinski definition) is 3. The Morgan fingerprint density at radius 3 is 2.10 bits per heavy atom. The minimum Gasteiger partial charge on any atom is -0.480 e. The molecule has 208 valence electrons. The Bertz CT molecular complexity index is 1380. The average Bonchev–Trinajstić information content (AvgIpc) is 2.87. The summed E-state index contributed by atoms with van der Waals surface area (Å²) in [6.45, 7) is 5.77. The quantitative estimate of drug-likeness (QED) is 0.265. The van der Waals surface area contributed by atoms with E-state index in [1.165, 1.54) is 16.7 Å². The number of hydrogen-bond acceptors (Lipinski definition) is 5. The molecule has 0 aliphatic carbocycles. The van der Waals surface area contributed by atoms with Crippen LogP contribution in [0, 0.1) is 5.92 Å². The van der Waals surface area contributed by atoms with E-state index in [0.29, 0.717) is 11.3 Å². The molecule has 2 aromatic carbocycles. The van der Waals surface area contributed by atoms with Crippen LogP contribution in [-0.4, -0.2) is 47.3 Å². The second kappa shape index (κ2) is 13.4. The van der Waals surface area contributed by atoms with Crippen molar-refractivity contribution in [1.82, 2.24) is 14.0 Å². The number of aromatic nitrogens is 1. The van der Waals surface area contributed by atoms with Crippen molar-refractivity contribution in [1.29, 1.82) is 0 Å². The number of carbonyl (C=O) groups excluding carboxylic acids is 1. The molecular formula is C27H30Cl2N4O5S. The molecule has 0 spiro atoms. The lowest BCUT2D eigenvalue weighted by Gasteiger charge is -2.31. The Kier molecular flexibility index (Phi) is 10.5. The summed E-state index contributed by atoms with van der Waals surface area (Å²) in [5.74, 6) is -1.83. The third-order valence-corrected chi connectivity index (χ3v) is 8.13. The maximum Gasteiger partial charge on any atom is 0.322 e. The molecule has 1 amide bonds. The van der Waals surface area contributed by atoms with Gasteiger partial charge in [-0.3, -0.25) is 14.6 Å². The lowest BCUT2D eigenvalue weighted by Crippen LogP contribution is -2.50. The summed E-state index contributed by atoms with van der Waals surface area (Å²) < 4.78 is 30.5. The fourth-order valence-corrected chi connectivity index (χ4v) is 6.18. The largest absolute Gasteiger partial charge is 0.480 e. The van der Waals surface area contributed by atoms with Crippen molar-refractivity contribution in [3.05, 3.63) is 93.7 Å². The van der Waals surface area contributed by atoms with Gasteiger partial charge in [0, 0.05) is 30.7 Å². The molecule has 0 fully saturated rings. The number of nitrogens with zero attached hydrogens (tertiary/aromatic N) is 2. The van der Waals surface area contributed by atoms with Crippen molar-refractivity contribution < 1.29 is 23.1 Å². The molecule has 39 heavy (non-hydrogen) atoms. The Morgan fingerprint density at radius 2 is 1.56 bits per heavy atom. The van der Waals surface area contributed by atoms with Gasteiger partial charge in [-0.15, -0.1) is 0 Å². The third-order valence-electron chi connectivity index (χ3n) is 5.89. The van der Waals surface area contributed by atoms with E-state index < -0.39 is 34.2 Å². The standard InChI is InChI=1S/C27H30Cl2N4O5S/c1-17(2)16-33(18(3)20-7-5-4-6-8-20)39(37,38)32-24(27(35)36)13-19-9-11-21(12-10-19)31-26(34)25-22(28)14-30-15-23(25)29/h4-12,14-15,17-18,24,32H,13,16H2,1-3H3,(H,31,34)(H,35,36)/t18-,24+/m1/s1. The van der Waals surface area contributed by atoms with Crippen molar-refractivity contribution in [3.63, 3.8) is 0 Å². The number of nitrogens with one attached hydrogen (secondary N) is 2. The van der Waals surface area contributed by atoms with E-state index in [2.05, 4.69) is 15.0 Å². The minimum atomic E-state index is -4.18. The van der Waals surface area contributed by atoms with Crippen LogP contribution in [0.25, 0.3) is 0 Å². The lowest BCUT2D eigenvalue weighted by molar-refractivity contribution is -0.138. The monoisotopic (exact) mass is 592 g/mol. The van der Waals surface area contributed by atoms with Gasteiger partial charge >= 0.3 is 5.97 Å². The fourth-order valence-electron chi connectivity index (χ4n) is 3.93. The number of pyridine rings is 1. The Hall–Kier alpha value is -3.02. The molecule has 0 aliphatic heterocycles. The van der Waals surface area contributed by atoms with Crippen LogP contribution in [0.3, 0.4) is 0 Å². The molecule has 0 radical (unpaired) electrons. The van der Waals surface area contributed by atoms with Gasteiger partial charge in [0.1, 0.15) is 6.04 Å². The van der Waals surface area contributed by atoms with Crippen molar-refractivity contribution in [2.45, 2.75) is 39.3 Å². The number of carboxylic acids is 1. The number of carbonyl (C=O) groups is 2. The molecule has 0 bridgehead atoms. The van der Waals surface area contributed by atoms with E-state index in [-0.39, 0.29) is 34.5 Å². The topological polar surface area (TPSA) is 129 Å². The smallest absolute Gasteiger partial charge is 0.322 e. The third kappa shape index (κ3) is 8.23. The summed E-state index contributed by atoms with van der Waals surface area (Å²) in [5.41, 5.74) is 1.84. The highest BCUT2D eigenvalue weighted by Gasteiger charge is 2.33. The predicted octanol–water partition coefficient (Wildman–Crippen LogP) is 5.19. The molecular weight excluding hydrogens is 563 g/mol. The molecule has 3 rings (SSSR count). The Balaban J connectivity index is 1.75. The van der Waals surface area contributed by atoms with Crippen LogP contribution < -0.4 is 10.0 Å². The fraction of sp³-hybridized carbons (Fsp3) is 0.296. The molecule has 3 N–H and O–H groups in total. The van der Waals surface area contributed by atoms with E-state index in [1.54, 1.807) is 31.2 Å². The van der Waals surface area contributed by atoms with Gasteiger partial charge in [0.15, 0.2) is 0 Å². The van der Waals surface area contributed by atoms with Crippen LogP contribution in [0.2, 0.25) is 10.0 Å². The zero-order chi connectivity index (χ0) is 28.7. The van der Waals surface area contributed by atoms with E-state index >= 15 is 0 Å². The first-order valence-electron chi connectivity index (χ1n) is 12.1. The van der Waals surface area contributed by atoms with E-state index in [0.717, 1.165) is 5.56 Å². The summed E-state index contributed by atoms with van der Waals surface area (Å²) in [4.78, 5) is 28.5. The molecule has 0 aliphatic rings. The lowest BCUT2D eigenvalue weighted by atomic mass is 10.1. The van der Waals surface area contributed by atoms with Crippen LogP contribution >= 0.6 is 23.2 Å². The molecule has 9 nitrogen and oxygen atoms in total. The maximum absolute atomic E-state index is 13.4. The zero-order valence-electron chi connectivity index (χ0n) is 21.6. The van der Waals surface area contributed by atoms with Crippen molar-refractivity contribution in [3.8, 4) is 0 Å². The number of aliphatic carboxylic acids is 1. The van der Waals surface area contributed by atoms with Crippen LogP contribution in [0.5, 0.6) is 0 Å². The first-order chi connectivity index (χ1) is 18.4. The Labute approximate surface area is 238 Å².